The number of alkyl halides is 2. The Morgan fingerprint density at radius 3 is 2.44 bits per heavy atom. The molecule has 0 aromatic carbocycles. The van der Waals surface area contributed by atoms with Crippen LogP contribution in [0.5, 0.6) is 0 Å². The number of aromatic nitrogens is 5. The van der Waals surface area contributed by atoms with Crippen molar-refractivity contribution in [2.45, 2.75) is 33.6 Å². The number of hydrogen-bond donors (Lipinski definition) is 1. The normalized spacial score (nSPS) is 14.8. The van der Waals surface area contributed by atoms with Crippen LogP contribution in [0.15, 0.2) is 18.3 Å². The molecule has 4 rings (SSSR count). The Labute approximate surface area is 185 Å². The van der Waals surface area contributed by atoms with E-state index >= 15 is 0 Å². The molecule has 0 radical (unpaired) electrons. The van der Waals surface area contributed by atoms with Gasteiger partial charge in [-0.2, -0.15) is 8.78 Å². The number of nitrogens with zero attached hydrogens (tertiary/aromatic N) is 7. The quantitative estimate of drug-likeness (QED) is 0.603. The lowest BCUT2D eigenvalue weighted by Crippen LogP contribution is -2.44. The molecule has 1 saturated heterocycles. The molecule has 1 amide bonds. The molecule has 0 atom stereocenters. The van der Waals surface area contributed by atoms with Gasteiger partial charge in [0.1, 0.15) is 5.82 Å². The van der Waals surface area contributed by atoms with Crippen LogP contribution < -0.4 is 10.2 Å². The number of nitrogens with one attached hydrogen (secondary N) is 1. The third-order valence-corrected chi connectivity index (χ3v) is 5.01. The lowest BCUT2D eigenvalue weighted by atomic mass is 10.2. The number of anilines is 2. The molecule has 1 aliphatic heterocycles. The van der Waals surface area contributed by atoms with Crippen LogP contribution >= 0.6 is 0 Å². The molecule has 0 aliphatic carbocycles. The third-order valence-electron chi connectivity index (χ3n) is 5.01. The molecular formula is C21H28F2N8O. The second kappa shape index (κ2) is 9.51. The number of rotatable bonds is 5. The Balaban J connectivity index is 0.00000141. The average Bonchev–Trinajstić information content (AvgIpc) is 3.14. The highest BCUT2D eigenvalue weighted by atomic mass is 19.3. The van der Waals surface area contributed by atoms with E-state index < -0.39 is 11.7 Å². The van der Waals surface area contributed by atoms with E-state index in [2.05, 4.69) is 37.1 Å². The highest BCUT2D eigenvalue weighted by Crippen LogP contribution is 2.31. The highest BCUT2D eigenvalue weighted by Gasteiger charge is 2.30. The maximum Gasteiger partial charge on any atom is 0.303 e. The predicted molar refractivity (Wildman–Crippen MR) is 120 cm³/mol. The zero-order valence-electron chi connectivity index (χ0n) is 18.9. The van der Waals surface area contributed by atoms with Gasteiger partial charge >= 0.3 is 5.92 Å². The van der Waals surface area contributed by atoms with Crippen molar-refractivity contribution in [1.82, 2.24) is 29.6 Å². The van der Waals surface area contributed by atoms with Gasteiger partial charge in [-0.05, 0) is 14.0 Å². The molecule has 1 N–H and O–H groups in total. The first-order valence-corrected chi connectivity index (χ1v) is 10.5. The Hall–Kier alpha value is -3.21. The Morgan fingerprint density at radius 2 is 1.81 bits per heavy atom. The fourth-order valence-corrected chi connectivity index (χ4v) is 3.42. The number of halogens is 2. The summed E-state index contributed by atoms with van der Waals surface area (Å²) in [6.45, 7) is 9.71. The summed E-state index contributed by atoms with van der Waals surface area (Å²) >= 11 is 0. The van der Waals surface area contributed by atoms with Gasteiger partial charge in [0.15, 0.2) is 11.6 Å². The number of pyridine rings is 1. The molecule has 172 valence electrons. The molecule has 0 spiro atoms. The molecule has 1 aliphatic rings. The van der Waals surface area contributed by atoms with Crippen molar-refractivity contribution < 1.29 is 13.6 Å². The lowest BCUT2D eigenvalue weighted by Gasteiger charge is -2.32. The Kier molecular flexibility index (Phi) is 6.97. The fraction of sp³-hybridized carbons (Fsp3) is 0.476. The van der Waals surface area contributed by atoms with E-state index in [4.69, 9.17) is 5.10 Å². The second-order valence-electron chi connectivity index (χ2n) is 7.45. The van der Waals surface area contributed by atoms with Gasteiger partial charge in [-0.3, -0.25) is 4.79 Å². The molecule has 0 bridgehead atoms. The van der Waals surface area contributed by atoms with E-state index in [1.165, 1.54) is 4.68 Å². The zero-order chi connectivity index (χ0) is 23.5. The predicted octanol–water partition coefficient (Wildman–Crippen LogP) is 2.98. The van der Waals surface area contributed by atoms with Gasteiger partial charge in [0.25, 0.3) is 0 Å². The van der Waals surface area contributed by atoms with E-state index in [-0.39, 0.29) is 5.82 Å². The minimum absolute atomic E-state index is 0.229. The van der Waals surface area contributed by atoms with E-state index in [1.807, 2.05) is 13.8 Å². The molecular weight excluding hydrogens is 418 g/mol. The maximum absolute atomic E-state index is 13.9. The van der Waals surface area contributed by atoms with Crippen LogP contribution in [0.4, 0.5) is 20.4 Å². The molecule has 9 nitrogen and oxygen atoms in total. The third kappa shape index (κ3) is 4.82. The summed E-state index contributed by atoms with van der Waals surface area (Å²) in [7, 11) is 2.06. The van der Waals surface area contributed by atoms with Crippen LogP contribution in [-0.4, -0.2) is 69.3 Å². The summed E-state index contributed by atoms with van der Waals surface area (Å²) < 4.78 is 29.3. The molecule has 0 saturated carbocycles. The first-order valence-electron chi connectivity index (χ1n) is 10.5. The van der Waals surface area contributed by atoms with Gasteiger partial charge in [0.05, 0.1) is 10.9 Å². The topological polar surface area (TPSA) is 92.1 Å². The molecule has 11 heteroatoms. The number of aryl methyl sites for hydroxylation is 1. The molecule has 4 heterocycles. The zero-order valence-corrected chi connectivity index (χ0v) is 18.9. The van der Waals surface area contributed by atoms with Gasteiger partial charge in [-0.15, -0.1) is 5.10 Å². The van der Waals surface area contributed by atoms with Crippen LogP contribution in [0.1, 0.15) is 32.3 Å². The van der Waals surface area contributed by atoms with E-state index in [1.54, 1.807) is 25.3 Å². The van der Waals surface area contributed by atoms with Crippen LogP contribution in [0.25, 0.3) is 16.7 Å². The van der Waals surface area contributed by atoms with Crippen LogP contribution in [0.2, 0.25) is 0 Å². The second-order valence-corrected chi connectivity index (χ2v) is 7.45. The van der Waals surface area contributed by atoms with Gasteiger partial charge in [0, 0.05) is 57.1 Å². The number of fused-ring (bicyclic) bond motifs is 1. The van der Waals surface area contributed by atoms with Crippen LogP contribution in [0, 0.1) is 6.92 Å². The number of piperazine rings is 1. The summed E-state index contributed by atoms with van der Waals surface area (Å²) in [5, 5.41) is 7.97. The Morgan fingerprint density at radius 1 is 1.12 bits per heavy atom. The number of carbonyl (C=O) groups is 1. The standard InChI is InChI=1S/C19H22F2N8O.C2H6/c1-12-8-16(25-18(24-12)19(2,20)21)29-14-9-15(23-11-30)22-10-13(14)17(26-29)28-6-4-27(3)5-7-28;1-2/h8-11H,4-7H2,1-3H3,(H,22,23,30);1-2H3. The van der Waals surface area contributed by atoms with Crippen molar-refractivity contribution in [3.05, 3.63) is 29.8 Å². The summed E-state index contributed by atoms with van der Waals surface area (Å²) in [6, 6.07) is 3.25. The summed E-state index contributed by atoms with van der Waals surface area (Å²) in [4.78, 5) is 27.4. The maximum atomic E-state index is 13.9. The number of likely N-dealkylation sites (N-methyl/N-ethyl adjacent to an activating group) is 1. The van der Waals surface area contributed by atoms with E-state index in [0.29, 0.717) is 29.3 Å². The van der Waals surface area contributed by atoms with Gasteiger partial charge < -0.3 is 15.1 Å². The number of carbonyl (C=O) groups excluding carboxylic acids is 1. The number of amides is 1. The van der Waals surface area contributed by atoms with Gasteiger partial charge in [0.2, 0.25) is 12.2 Å². The van der Waals surface area contributed by atoms with Crippen LogP contribution in [-0.2, 0) is 10.7 Å². The summed E-state index contributed by atoms with van der Waals surface area (Å²) in [5.74, 6) is -2.49. The van der Waals surface area contributed by atoms with Gasteiger partial charge in [-0.25, -0.2) is 19.6 Å². The van der Waals surface area contributed by atoms with Crippen molar-refractivity contribution >= 4 is 28.9 Å². The lowest BCUT2D eigenvalue weighted by molar-refractivity contribution is -0.105. The largest absolute Gasteiger partial charge is 0.352 e. The monoisotopic (exact) mass is 446 g/mol. The minimum Gasteiger partial charge on any atom is -0.352 e. The van der Waals surface area contributed by atoms with E-state index in [9.17, 15) is 13.6 Å². The van der Waals surface area contributed by atoms with E-state index in [0.717, 1.165) is 38.5 Å². The van der Waals surface area contributed by atoms with Crippen molar-refractivity contribution in [3.8, 4) is 5.82 Å². The molecule has 0 unspecified atom stereocenters. The van der Waals surface area contributed by atoms with Crippen molar-refractivity contribution in [2.24, 2.45) is 0 Å². The first kappa shape index (κ1) is 23.5. The molecule has 1 fully saturated rings. The first-order chi connectivity index (χ1) is 15.3. The summed E-state index contributed by atoms with van der Waals surface area (Å²) in [6.07, 6.45) is 2.16. The van der Waals surface area contributed by atoms with Crippen molar-refractivity contribution in [3.63, 3.8) is 0 Å². The molecule has 32 heavy (non-hydrogen) atoms. The SMILES string of the molecule is CC.Cc1cc(-n2nc(N3CCN(C)CC3)c3cnc(NC=O)cc32)nc(C(C)(F)F)n1. The minimum atomic E-state index is -3.18. The van der Waals surface area contributed by atoms with Gasteiger partial charge in [-0.1, -0.05) is 13.8 Å². The van der Waals surface area contributed by atoms with Crippen molar-refractivity contribution in [1.29, 1.82) is 0 Å². The van der Waals surface area contributed by atoms with Crippen LogP contribution in [0.3, 0.4) is 0 Å². The Bertz CT molecular complexity index is 1090. The number of hydrogen-bond acceptors (Lipinski definition) is 7. The molecule has 3 aromatic rings. The fourth-order valence-electron chi connectivity index (χ4n) is 3.42. The van der Waals surface area contributed by atoms with Crippen molar-refractivity contribution in [2.75, 3.05) is 43.4 Å². The smallest absolute Gasteiger partial charge is 0.303 e. The summed E-state index contributed by atoms with van der Waals surface area (Å²) in [5.41, 5.74) is 1.01. The molecule has 3 aromatic heterocycles. The average molecular weight is 447 g/mol. The highest BCUT2D eigenvalue weighted by molar-refractivity contribution is 5.93.